The maximum atomic E-state index is 12.6. The number of hydrogen-bond donors (Lipinski definition) is 4. The minimum atomic E-state index is -4.84. The van der Waals surface area contributed by atoms with Crippen molar-refractivity contribution >= 4 is 40.7 Å². The van der Waals surface area contributed by atoms with E-state index in [2.05, 4.69) is 25.3 Å². The number of halogens is 5. The summed E-state index contributed by atoms with van der Waals surface area (Å²) in [5.74, 6) is -0.311. The number of ether oxygens (including phenoxy) is 1. The van der Waals surface area contributed by atoms with Crippen molar-refractivity contribution in [3.63, 3.8) is 0 Å². The van der Waals surface area contributed by atoms with Gasteiger partial charge in [-0.1, -0.05) is 35.3 Å². The highest BCUT2D eigenvalue weighted by atomic mass is 35.5. The van der Waals surface area contributed by atoms with Gasteiger partial charge in [0, 0.05) is 23.4 Å². The molecule has 0 aliphatic carbocycles. The third-order valence-corrected chi connectivity index (χ3v) is 4.60. The standard InChI is InChI=1S/C20H17Cl2F3N4O3/c1-10(9-30)26-19-28-16(11-3-2-4-13(5-11)32-20(23,24)25)8-17(29-19)27-12-6-14(21)18(31)15(22)7-12/h2-8,10,30-31H,9H2,1H3,(H2,26,27,28,29)/t10-/m0/s1. The van der Waals surface area contributed by atoms with E-state index in [1.807, 2.05) is 0 Å². The Labute approximate surface area is 190 Å². The third kappa shape index (κ3) is 6.28. The fraction of sp³-hybridized carbons (Fsp3) is 0.200. The first-order valence-corrected chi connectivity index (χ1v) is 9.87. The molecule has 0 saturated heterocycles. The van der Waals surface area contributed by atoms with Gasteiger partial charge in [-0.15, -0.1) is 13.2 Å². The Kier molecular flexibility index (Phi) is 7.17. The molecule has 0 spiro atoms. The molecule has 1 atom stereocenters. The Balaban J connectivity index is 2.01. The van der Waals surface area contributed by atoms with Crippen LogP contribution in [0.4, 0.5) is 30.6 Å². The average Bonchev–Trinajstić information content (AvgIpc) is 2.70. The van der Waals surface area contributed by atoms with E-state index in [1.54, 1.807) is 13.0 Å². The molecule has 7 nitrogen and oxygen atoms in total. The first kappa shape index (κ1) is 23.7. The van der Waals surface area contributed by atoms with E-state index < -0.39 is 18.2 Å². The van der Waals surface area contributed by atoms with Gasteiger partial charge in [0.1, 0.15) is 11.6 Å². The van der Waals surface area contributed by atoms with Gasteiger partial charge < -0.3 is 25.6 Å². The Hall–Kier alpha value is -2.95. The predicted octanol–water partition coefficient (Wildman–Crippen LogP) is 5.59. The molecule has 4 N–H and O–H groups in total. The first-order valence-electron chi connectivity index (χ1n) is 9.12. The molecule has 1 aromatic heterocycles. The number of phenols is 1. The van der Waals surface area contributed by atoms with Gasteiger partial charge in [0.25, 0.3) is 0 Å². The number of nitrogens with one attached hydrogen (secondary N) is 2. The van der Waals surface area contributed by atoms with Gasteiger partial charge in [-0.05, 0) is 31.2 Å². The molecule has 0 unspecified atom stereocenters. The van der Waals surface area contributed by atoms with E-state index in [-0.39, 0.29) is 39.9 Å². The van der Waals surface area contributed by atoms with Gasteiger partial charge in [0.2, 0.25) is 5.95 Å². The van der Waals surface area contributed by atoms with Gasteiger partial charge in [0.05, 0.1) is 22.3 Å². The highest BCUT2D eigenvalue weighted by molar-refractivity contribution is 6.37. The minimum Gasteiger partial charge on any atom is -0.505 e. The number of aromatic hydroxyl groups is 1. The molecule has 1 heterocycles. The van der Waals surface area contributed by atoms with Crippen molar-refractivity contribution in [3.05, 3.63) is 52.5 Å². The van der Waals surface area contributed by atoms with Gasteiger partial charge in [0.15, 0.2) is 5.75 Å². The van der Waals surface area contributed by atoms with Crippen molar-refractivity contribution in [3.8, 4) is 22.8 Å². The van der Waals surface area contributed by atoms with E-state index in [4.69, 9.17) is 23.2 Å². The van der Waals surface area contributed by atoms with E-state index in [1.165, 1.54) is 36.4 Å². The van der Waals surface area contributed by atoms with E-state index in [0.717, 1.165) is 0 Å². The number of hydrogen-bond acceptors (Lipinski definition) is 7. The maximum Gasteiger partial charge on any atom is 0.573 e. The number of phenolic OH excluding ortho intramolecular Hbond substituents is 1. The zero-order valence-electron chi connectivity index (χ0n) is 16.4. The first-order chi connectivity index (χ1) is 15.0. The van der Waals surface area contributed by atoms with Gasteiger partial charge in [-0.2, -0.15) is 4.98 Å². The van der Waals surface area contributed by atoms with Crippen LogP contribution in [-0.2, 0) is 0 Å². The molecule has 0 amide bonds. The fourth-order valence-electron chi connectivity index (χ4n) is 2.63. The number of rotatable bonds is 7. The zero-order chi connectivity index (χ0) is 23.5. The molecule has 0 aliphatic rings. The van der Waals surface area contributed by atoms with Crippen LogP contribution in [0.1, 0.15) is 6.92 Å². The molecule has 0 fully saturated rings. The Bertz CT molecular complexity index is 1090. The summed E-state index contributed by atoms with van der Waals surface area (Å²) in [6.07, 6.45) is -4.84. The molecule has 32 heavy (non-hydrogen) atoms. The normalized spacial score (nSPS) is 12.3. The zero-order valence-corrected chi connectivity index (χ0v) is 17.9. The molecule has 170 valence electrons. The molecule has 3 aromatic rings. The second-order valence-electron chi connectivity index (χ2n) is 6.68. The number of anilines is 3. The van der Waals surface area contributed by atoms with E-state index in [0.29, 0.717) is 11.3 Å². The summed E-state index contributed by atoms with van der Waals surface area (Å²) in [5.41, 5.74) is 1.01. The van der Waals surface area contributed by atoms with Crippen LogP contribution in [0.2, 0.25) is 10.0 Å². The van der Waals surface area contributed by atoms with Crippen LogP contribution < -0.4 is 15.4 Å². The van der Waals surface area contributed by atoms with Crippen LogP contribution in [0.3, 0.4) is 0 Å². The van der Waals surface area contributed by atoms with Crippen LogP contribution in [0.15, 0.2) is 42.5 Å². The van der Waals surface area contributed by atoms with Crippen LogP contribution in [0.25, 0.3) is 11.3 Å². The highest BCUT2D eigenvalue weighted by Crippen LogP contribution is 2.36. The number of benzene rings is 2. The summed E-state index contributed by atoms with van der Waals surface area (Å²) < 4.78 is 41.8. The van der Waals surface area contributed by atoms with Crippen molar-refractivity contribution in [2.24, 2.45) is 0 Å². The topological polar surface area (TPSA) is 99.5 Å². The van der Waals surface area contributed by atoms with Crippen molar-refractivity contribution in [2.45, 2.75) is 19.3 Å². The molecular formula is C20H17Cl2F3N4O3. The lowest BCUT2D eigenvalue weighted by molar-refractivity contribution is -0.274. The lowest BCUT2D eigenvalue weighted by Gasteiger charge is -2.15. The second-order valence-corrected chi connectivity index (χ2v) is 7.49. The Morgan fingerprint density at radius 2 is 1.78 bits per heavy atom. The van der Waals surface area contributed by atoms with Crippen LogP contribution >= 0.6 is 23.2 Å². The van der Waals surface area contributed by atoms with Crippen molar-refractivity contribution in [1.29, 1.82) is 0 Å². The summed E-state index contributed by atoms with van der Waals surface area (Å²) in [5, 5.41) is 24.9. The van der Waals surface area contributed by atoms with Crippen LogP contribution in [0.5, 0.6) is 11.5 Å². The summed E-state index contributed by atoms with van der Waals surface area (Å²) in [6.45, 7) is 1.49. The van der Waals surface area contributed by atoms with Gasteiger partial charge in [-0.3, -0.25) is 0 Å². The fourth-order valence-corrected chi connectivity index (χ4v) is 3.11. The largest absolute Gasteiger partial charge is 0.573 e. The summed E-state index contributed by atoms with van der Waals surface area (Å²) in [6, 6.07) is 9.26. The molecule has 12 heteroatoms. The van der Waals surface area contributed by atoms with Crippen LogP contribution in [0, 0.1) is 0 Å². The Morgan fingerprint density at radius 3 is 2.41 bits per heavy atom. The smallest absolute Gasteiger partial charge is 0.505 e. The Morgan fingerprint density at radius 1 is 1.09 bits per heavy atom. The molecule has 0 aliphatic heterocycles. The quantitative estimate of drug-likeness (QED) is 0.321. The van der Waals surface area contributed by atoms with Crippen molar-refractivity contribution in [1.82, 2.24) is 9.97 Å². The number of nitrogens with zero attached hydrogens (tertiary/aromatic N) is 2. The highest BCUT2D eigenvalue weighted by Gasteiger charge is 2.31. The number of aromatic nitrogens is 2. The monoisotopic (exact) mass is 488 g/mol. The molecule has 0 bridgehead atoms. The SMILES string of the molecule is C[C@@H](CO)Nc1nc(Nc2cc(Cl)c(O)c(Cl)c2)cc(-c2cccc(OC(F)(F)F)c2)n1. The predicted molar refractivity (Wildman–Crippen MR) is 116 cm³/mol. The molecule has 0 radical (unpaired) electrons. The molecule has 3 rings (SSSR count). The number of aliphatic hydroxyl groups is 1. The lowest BCUT2D eigenvalue weighted by atomic mass is 10.1. The summed E-state index contributed by atoms with van der Waals surface area (Å²) in [4.78, 5) is 8.62. The van der Waals surface area contributed by atoms with Crippen LogP contribution in [-0.4, -0.2) is 39.2 Å². The second kappa shape index (κ2) is 9.68. The number of aliphatic hydroxyl groups excluding tert-OH is 1. The average molecular weight is 489 g/mol. The maximum absolute atomic E-state index is 12.6. The molecular weight excluding hydrogens is 472 g/mol. The summed E-state index contributed by atoms with van der Waals surface area (Å²) in [7, 11) is 0. The lowest BCUT2D eigenvalue weighted by Crippen LogP contribution is -2.21. The molecule has 2 aromatic carbocycles. The summed E-state index contributed by atoms with van der Waals surface area (Å²) >= 11 is 11.9. The third-order valence-electron chi connectivity index (χ3n) is 4.03. The van der Waals surface area contributed by atoms with E-state index >= 15 is 0 Å². The van der Waals surface area contributed by atoms with Gasteiger partial charge >= 0.3 is 6.36 Å². The number of alkyl halides is 3. The van der Waals surface area contributed by atoms with Crippen molar-refractivity contribution in [2.75, 3.05) is 17.2 Å². The minimum absolute atomic E-state index is 0.0125. The van der Waals surface area contributed by atoms with Crippen molar-refractivity contribution < 1.29 is 28.1 Å². The molecule has 0 saturated carbocycles. The van der Waals surface area contributed by atoms with Gasteiger partial charge in [-0.25, -0.2) is 4.98 Å². The van der Waals surface area contributed by atoms with E-state index in [9.17, 15) is 23.4 Å².